The van der Waals surface area contributed by atoms with Gasteiger partial charge in [-0.15, -0.1) is 0 Å². The Hall–Kier alpha value is -2.28. The molecule has 1 unspecified atom stereocenters. The van der Waals surface area contributed by atoms with E-state index in [1.807, 2.05) is 6.92 Å². The zero-order chi connectivity index (χ0) is 15.1. The molecule has 7 heteroatoms. The predicted molar refractivity (Wildman–Crippen MR) is 73.4 cm³/mol. The Morgan fingerprint density at radius 3 is 2.60 bits per heavy atom. The van der Waals surface area contributed by atoms with Crippen molar-refractivity contribution >= 4 is 17.7 Å². The molecule has 3 N–H and O–H groups in total. The first-order valence-corrected chi connectivity index (χ1v) is 5.97. The average Bonchev–Trinajstić information content (AvgIpc) is 2.44. The van der Waals surface area contributed by atoms with Gasteiger partial charge < -0.3 is 25.2 Å². The number of carboxylic acid groups (broad SMARTS) is 1. The number of urea groups is 1. The van der Waals surface area contributed by atoms with Gasteiger partial charge in [-0.1, -0.05) is 0 Å². The van der Waals surface area contributed by atoms with Gasteiger partial charge in [0, 0.05) is 13.7 Å². The number of carbonyl (C=O) groups excluding carboxylic acids is 1. The first kappa shape index (κ1) is 15.8. The molecule has 1 aromatic carbocycles. The Bertz CT molecular complexity index is 490. The number of carbonyl (C=O) groups is 2. The maximum absolute atomic E-state index is 11.7. The van der Waals surface area contributed by atoms with Gasteiger partial charge in [0.25, 0.3) is 0 Å². The van der Waals surface area contributed by atoms with Gasteiger partial charge in [-0.05, 0) is 25.1 Å². The zero-order valence-electron chi connectivity index (χ0n) is 11.6. The minimum atomic E-state index is -1.08. The minimum Gasteiger partial charge on any atom is -0.495 e. The maximum Gasteiger partial charge on any atom is 0.335 e. The summed E-state index contributed by atoms with van der Waals surface area (Å²) in [5.74, 6) is -0.700. The topological polar surface area (TPSA) is 96.9 Å². The number of rotatable bonds is 6. The molecule has 1 atom stereocenters. The molecule has 7 nitrogen and oxygen atoms in total. The Morgan fingerprint density at radius 2 is 2.05 bits per heavy atom. The second kappa shape index (κ2) is 7.34. The highest BCUT2D eigenvalue weighted by atomic mass is 16.5. The number of amides is 2. The molecular weight excluding hydrogens is 264 g/mol. The van der Waals surface area contributed by atoms with Crippen molar-refractivity contribution in [1.82, 2.24) is 5.32 Å². The number of hydrogen-bond donors (Lipinski definition) is 3. The molecule has 1 aromatic rings. The number of anilines is 1. The van der Waals surface area contributed by atoms with Crippen molar-refractivity contribution in [3.8, 4) is 5.75 Å². The number of benzene rings is 1. The third-order valence-electron chi connectivity index (χ3n) is 2.65. The number of hydrogen-bond acceptors (Lipinski definition) is 4. The summed E-state index contributed by atoms with van der Waals surface area (Å²) in [6.07, 6.45) is -0.118. The van der Waals surface area contributed by atoms with Gasteiger partial charge in [0.2, 0.25) is 0 Å². The van der Waals surface area contributed by atoms with Gasteiger partial charge >= 0.3 is 12.0 Å². The molecule has 0 saturated heterocycles. The molecule has 0 saturated carbocycles. The van der Waals surface area contributed by atoms with Crippen LogP contribution in [-0.2, 0) is 4.74 Å². The third-order valence-corrected chi connectivity index (χ3v) is 2.65. The lowest BCUT2D eigenvalue weighted by molar-refractivity contribution is 0.0697. The lowest BCUT2D eigenvalue weighted by Gasteiger charge is -2.14. The van der Waals surface area contributed by atoms with E-state index in [2.05, 4.69) is 10.6 Å². The number of methoxy groups -OCH3 is 2. The maximum atomic E-state index is 11.7. The van der Waals surface area contributed by atoms with Crippen LogP contribution in [0, 0.1) is 0 Å². The molecule has 0 aromatic heterocycles. The van der Waals surface area contributed by atoms with Crippen LogP contribution in [-0.4, -0.2) is 44.0 Å². The largest absolute Gasteiger partial charge is 0.495 e. The van der Waals surface area contributed by atoms with Crippen molar-refractivity contribution in [3.63, 3.8) is 0 Å². The first-order chi connectivity index (χ1) is 9.47. The van der Waals surface area contributed by atoms with Gasteiger partial charge in [0.15, 0.2) is 0 Å². The summed E-state index contributed by atoms with van der Waals surface area (Å²) in [6, 6.07) is 3.75. The van der Waals surface area contributed by atoms with Gasteiger partial charge in [-0.25, -0.2) is 9.59 Å². The number of carboxylic acids is 1. The fourth-order valence-electron chi connectivity index (χ4n) is 1.42. The fraction of sp³-hybridized carbons (Fsp3) is 0.385. The normalized spacial score (nSPS) is 11.6. The van der Waals surface area contributed by atoms with Crippen LogP contribution < -0.4 is 15.4 Å². The van der Waals surface area contributed by atoms with E-state index in [1.54, 1.807) is 7.11 Å². The molecular formula is C13H18N2O5. The summed E-state index contributed by atoms with van der Waals surface area (Å²) >= 11 is 0. The number of aromatic carboxylic acids is 1. The SMILES string of the molecule is COc1ccc(C(=O)O)cc1NC(=O)NCC(C)OC. The molecule has 0 bridgehead atoms. The van der Waals surface area contributed by atoms with Gasteiger partial charge in [-0.3, -0.25) is 0 Å². The summed E-state index contributed by atoms with van der Waals surface area (Å²) < 4.78 is 10.1. The van der Waals surface area contributed by atoms with Crippen LogP contribution in [0.25, 0.3) is 0 Å². The van der Waals surface area contributed by atoms with Gasteiger partial charge in [-0.2, -0.15) is 0 Å². The van der Waals surface area contributed by atoms with E-state index in [0.717, 1.165) is 0 Å². The smallest absolute Gasteiger partial charge is 0.335 e. The minimum absolute atomic E-state index is 0.0614. The molecule has 1 rings (SSSR count). The molecule has 0 fully saturated rings. The van der Waals surface area contributed by atoms with E-state index < -0.39 is 12.0 Å². The van der Waals surface area contributed by atoms with Crippen molar-refractivity contribution in [3.05, 3.63) is 23.8 Å². The highest BCUT2D eigenvalue weighted by Crippen LogP contribution is 2.25. The summed E-state index contributed by atoms with van der Waals surface area (Å²) in [6.45, 7) is 2.15. The van der Waals surface area contributed by atoms with Crippen molar-refractivity contribution in [1.29, 1.82) is 0 Å². The van der Waals surface area contributed by atoms with Crippen LogP contribution in [0.4, 0.5) is 10.5 Å². The van der Waals surface area contributed by atoms with E-state index in [0.29, 0.717) is 12.3 Å². The highest BCUT2D eigenvalue weighted by molar-refractivity contribution is 5.94. The van der Waals surface area contributed by atoms with Gasteiger partial charge in [0.05, 0.1) is 24.5 Å². The summed E-state index contributed by atoms with van der Waals surface area (Å²) in [5.41, 5.74) is 0.348. The molecule has 0 radical (unpaired) electrons. The lowest BCUT2D eigenvalue weighted by atomic mass is 10.2. The van der Waals surface area contributed by atoms with Crippen LogP contribution in [0.5, 0.6) is 5.75 Å². The van der Waals surface area contributed by atoms with E-state index in [9.17, 15) is 9.59 Å². The van der Waals surface area contributed by atoms with Crippen molar-refractivity contribution in [2.45, 2.75) is 13.0 Å². The molecule has 0 aliphatic carbocycles. The molecule has 0 heterocycles. The number of ether oxygens (including phenoxy) is 2. The lowest BCUT2D eigenvalue weighted by Crippen LogP contribution is -2.35. The predicted octanol–water partition coefficient (Wildman–Crippen LogP) is 1.55. The second-order valence-electron chi connectivity index (χ2n) is 4.10. The summed E-state index contributed by atoms with van der Waals surface area (Å²) in [5, 5.41) is 14.1. The Labute approximate surface area is 116 Å². The van der Waals surface area contributed by atoms with E-state index in [-0.39, 0.29) is 17.4 Å². The first-order valence-electron chi connectivity index (χ1n) is 5.97. The van der Waals surface area contributed by atoms with Crippen LogP contribution in [0.15, 0.2) is 18.2 Å². The third kappa shape index (κ3) is 4.43. The molecule has 0 aliphatic rings. The Morgan fingerprint density at radius 1 is 1.35 bits per heavy atom. The molecule has 20 heavy (non-hydrogen) atoms. The van der Waals surface area contributed by atoms with Crippen molar-refractivity contribution < 1.29 is 24.2 Å². The molecule has 110 valence electrons. The molecule has 0 aliphatic heterocycles. The Balaban J connectivity index is 2.76. The van der Waals surface area contributed by atoms with Crippen LogP contribution >= 0.6 is 0 Å². The van der Waals surface area contributed by atoms with Gasteiger partial charge in [0.1, 0.15) is 5.75 Å². The van der Waals surface area contributed by atoms with Crippen LogP contribution in [0.3, 0.4) is 0 Å². The van der Waals surface area contributed by atoms with E-state index in [4.69, 9.17) is 14.6 Å². The average molecular weight is 282 g/mol. The quantitative estimate of drug-likeness (QED) is 0.735. The highest BCUT2D eigenvalue weighted by Gasteiger charge is 2.12. The van der Waals surface area contributed by atoms with E-state index >= 15 is 0 Å². The van der Waals surface area contributed by atoms with Crippen molar-refractivity contribution in [2.75, 3.05) is 26.1 Å². The number of nitrogens with one attached hydrogen (secondary N) is 2. The van der Waals surface area contributed by atoms with Crippen molar-refractivity contribution in [2.24, 2.45) is 0 Å². The summed E-state index contributed by atoms with van der Waals surface area (Å²) in [4.78, 5) is 22.6. The Kier molecular flexibility index (Phi) is 5.79. The fourth-order valence-corrected chi connectivity index (χ4v) is 1.42. The molecule has 2 amide bonds. The standard InChI is InChI=1S/C13H18N2O5/c1-8(19-2)7-14-13(18)15-10-6-9(12(16)17)4-5-11(10)20-3/h4-6,8H,7H2,1-3H3,(H,16,17)(H2,14,15,18). The van der Waals surface area contributed by atoms with E-state index in [1.165, 1.54) is 25.3 Å². The second-order valence-corrected chi connectivity index (χ2v) is 4.10. The summed E-state index contributed by atoms with van der Waals surface area (Å²) in [7, 11) is 2.98. The molecule has 0 spiro atoms. The van der Waals surface area contributed by atoms with Crippen LogP contribution in [0.2, 0.25) is 0 Å². The zero-order valence-corrected chi connectivity index (χ0v) is 11.6. The monoisotopic (exact) mass is 282 g/mol. The van der Waals surface area contributed by atoms with Crippen LogP contribution in [0.1, 0.15) is 17.3 Å².